The molecular weight excluding hydrogens is 354 g/mol. The number of carbonyl (C=O) groups is 2. The number of carboxylic acids is 1. The van der Waals surface area contributed by atoms with Gasteiger partial charge in [-0.3, -0.25) is 9.59 Å². The lowest BCUT2D eigenvalue weighted by Gasteiger charge is -2.03. The van der Waals surface area contributed by atoms with E-state index in [1.165, 1.54) is 16.0 Å². The van der Waals surface area contributed by atoms with Gasteiger partial charge in [0.05, 0.1) is 0 Å². The predicted molar refractivity (Wildman–Crippen MR) is 104 cm³/mol. The Bertz CT molecular complexity index is 1040. The summed E-state index contributed by atoms with van der Waals surface area (Å²) in [4.78, 5) is 21.2. The molecule has 0 fully saturated rings. The van der Waals surface area contributed by atoms with Crippen LogP contribution in [0.15, 0.2) is 59.3 Å². The SMILES string of the molecule is NC(C(=O)O)c1csc2ccccc12.O=Cc1csc2ccccc12. The van der Waals surface area contributed by atoms with Gasteiger partial charge in [-0.15, -0.1) is 22.7 Å². The zero-order valence-electron chi connectivity index (χ0n) is 13.1. The molecule has 0 aliphatic heterocycles. The van der Waals surface area contributed by atoms with Crippen LogP contribution in [-0.4, -0.2) is 17.4 Å². The molecule has 2 aromatic carbocycles. The number of carboxylic acid groups (broad SMARTS) is 1. The van der Waals surface area contributed by atoms with Crippen molar-refractivity contribution < 1.29 is 14.7 Å². The highest BCUT2D eigenvalue weighted by Gasteiger charge is 2.17. The Morgan fingerprint density at radius 1 is 0.960 bits per heavy atom. The van der Waals surface area contributed by atoms with Crippen LogP contribution in [0.2, 0.25) is 0 Å². The lowest BCUT2D eigenvalue weighted by Crippen LogP contribution is -2.20. The number of hydrogen-bond donors (Lipinski definition) is 2. The van der Waals surface area contributed by atoms with Crippen molar-refractivity contribution >= 4 is 55.1 Å². The van der Waals surface area contributed by atoms with E-state index in [0.29, 0.717) is 5.56 Å². The zero-order valence-corrected chi connectivity index (χ0v) is 14.7. The van der Waals surface area contributed by atoms with Gasteiger partial charge in [0.25, 0.3) is 0 Å². The first-order valence-electron chi connectivity index (χ1n) is 7.47. The van der Waals surface area contributed by atoms with E-state index in [1.54, 1.807) is 11.3 Å². The van der Waals surface area contributed by atoms with Crippen molar-refractivity contribution in [3.8, 4) is 0 Å². The minimum absolute atomic E-state index is 0.693. The summed E-state index contributed by atoms with van der Waals surface area (Å²) in [5, 5.41) is 14.5. The molecule has 2 heterocycles. The fourth-order valence-corrected chi connectivity index (χ4v) is 4.37. The molecule has 0 saturated heterocycles. The molecule has 6 heteroatoms. The summed E-state index contributed by atoms with van der Waals surface area (Å²) in [6.07, 6.45) is 0.902. The third-order valence-corrected chi connectivity index (χ3v) is 5.71. The minimum atomic E-state index is -0.992. The van der Waals surface area contributed by atoms with Crippen LogP contribution in [0, 0.1) is 0 Å². The van der Waals surface area contributed by atoms with Crippen LogP contribution < -0.4 is 5.73 Å². The number of fused-ring (bicyclic) bond motifs is 2. The maximum absolute atomic E-state index is 10.7. The van der Waals surface area contributed by atoms with E-state index in [-0.39, 0.29) is 0 Å². The van der Waals surface area contributed by atoms with Gasteiger partial charge in [-0.2, -0.15) is 0 Å². The van der Waals surface area contributed by atoms with Crippen molar-refractivity contribution in [3.05, 3.63) is 70.4 Å². The van der Waals surface area contributed by atoms with Gasteiger partial charge >= 0.3 is 5.97 Å². The van der Waals surface area contributed by atoms with Gasteiger partial charge in [0.1, 0.15) is 6.04 Å². The third kappa shape index (κ3) is 3.61. The monoisotopic (exact) mass is 369 g/mol. The molecule has 4 rings (SSSR count). The average molecular weight is 369 g/mol. The third-order valence-electron chi connectivity index (χ3n) is 3.75. The molecule has 0 aliphatic rings. The van der Waals surface area contributed by atoms with Crippen molar-refractivity contribution in [3.63, 3.8) is 0 Å². The Balaban J connectivity index is 0.000000150. The van der Waals surface area contributed by atoms with Crippen LogP contribution in [-0.2, 0) is 4.79 Å². The number of carbonyl (C=O) groups excluding carboxylic acids is 1. The van der Waals surface area contributed by atoms with Gasteiger partial charge in [0, 0.05) is 25.7 Å². The summed E-state index contributed by atoms with van der Waals surface area (Å²) in [6, 6.07) is 14.6. The second kappa shape index (κ2) is 7.57. The number of nitrogens with two attached hydrogens (primary N) is 1. The highest BCUT2D eigenvalue weighted by atomic mass is 32.1. The van der Waals surface area contributed by atoms with Crippen molar-refractivity contribution in [1.29, 1.82) is 0 Å². The van der Waals surface area contributed by atoms with Gasteiger partial charge in [-0.05, 0) is 28.5 Å². The molecule has 0 radical (unpaired) electrons. The van der Waals surface area contributed by atoms with Crippen molar-refractivity contribution in [1.82, 2.24) is 0 Å². The quantitative estimate of drug-likeness (QED) is 0.513. The summed E-state index contributed by atoms with van der Waals surface area (Å²) in [6.45, 7) is 0. The second-order valence-corrected chi connectivity index (χ2v) is 7.13. The van der Waals surface area contributed by atoms with E-state index in [2.05, 4.69) is 0 Å². The topological polar surface area (TPSA) is 80.4 Å². The average Bonchev–Trinajstić information content (AvgIpc) is 3.25. The molecule has 1 atom stereocenters. The molecule has 3 N–H and O–H groups in total. The Morgan fingerprint density at radius 3 is 2.16 bits per heavy atom. The molecule has 1 unspecified atom stereocenters. The van der Waals surface area contributed by atoms with E-state index in [0.717, 1.165) is 27.3 Å². The van der Waals surface area contributed by atoms with Gasteiger partial charge in [-0.1, -0.05) is 36.4 Å². The van der Waals surface area contributed by atoms with Gasteiger partial charge < -0.3 is 10.8 Å². The number of hydrogen-bond acceptors (Lipinski definition) is 5. The van der Waals surface area contributed by atoms with E-state index in [4.69, 9.17) is 10.8 Å². The van der Waals surface area contributed by atoms with E-state index in [9.17, 15) is 9.59 Å². The van der Waals surface area contributed by atoms with Gasteiger partial charge in [0.2, 0.25) is 0 Å². The van der Waals surface area contributed by atoms with Gasteiger partial charge in [0.15, 0.2) is 6.29 Å². The maximum Gasteiger partial charge on any atom is 0.325 e. The minimum Gasteiger partial charge on any atom is -0.480 e. The molecule has 25 heavy (non-hydrogen) atoms. The molecule has 0 amide bonds. The Kier molecular flexibility index (Phi) is 5.23. The summed E-state index contributed by atoms with van der Waals surface area (Å²) in [5.74, 6) is -0.992. The van der Waals surface area contributed by atoms with E-state index in [1.807, 2.05) is 59.3 Å². The summed E-state index contributed by atoms with van der Waals surface area (Å²) in [5.41, 5.74) is 7.04. The number of aliphatic carboxylic acids is 1. The summed E-state index contributed by atoms with van der Waals surface area (Å²) < 4.78 is 2.24. The van der Waals surface area contributed by atoms with Crippen LogP contribution in [0.25, 0.3) is 20.2 Å². The second-order valence-electron chi connectivity index (χ2n) is 5.31. The predicted octanol–water partition coefficient (Wildman–Crippen LogP) is 4.70. The molecule has 0 aliphatic carbocycles. The molecule has 0 spiro atoms. The lowest BCUT2D eigenvalue weighted by atomic mass is 10.1. The lowest BCUT2D eigenvalue weighted by molar-refractivity contribution is -0.138. The smallest absolute Gasteiger partial charge is 0.325 e. The Hall–Kier alpha value is -2.54. The fourth-order valence-electron chi connectivity index (χ4n) is 2.46. The zero-order chi connectivity index (χ0) is 17.8. The highest BCUT2D eigenvalue weighted by Crippen LogP contribution is 2.29. The number of aldehydes is 1. The van der Waals surface area contributed by atoms with Crippen molar-refractivity contribution in [2.75, 3.05) is 0 Å². The summed E-state index contributed by atoms with van der Waals surface area (Å²) in [7, 11) is 0. The number of rotatable bonds is 3. The molecule has 4 nitrogen and oxygen atoms in total. The first-order chi connectivity index (χ1) is 12.1. The van der Waals surface area contributed by atoms with Crippen LogP contribution in [0.5, 0.6) is 0 Å². The summed E-state index contributed by atoms with van der Waals surface area (Å²) >= 11 is 3.12. The first-order valence-corrected chi connectivity index (χ1v) is 9.23. The fraction of sp³-hybridized carbons (Fsp3) is 0.0526. The molecule has 4 aromatic rings. The first kappa shape index (κ1) is 17.3. The number of benzene rings is 2. The molecule has 126 valence electrons. The Morgan fingerprint density at radius 2 is 1.52 bits per heavy atom. The van der Waals surface area contributed by atoms with E-state index < -0.39 is 12.0 Å². The van der Waals surface area contributed by atoms with Crippen LogP contribution in [0.4, 0.5) is 0 Å². The maximum atomic E-state index is 10.7. The van der Waals surface area contributed by atoms with Crippen LogP contribution in [0.3, 0.4) is 0 Å². The largest absolute Gasteiger partial charge is 0.480 e. The standard InChI is InChI=1S/C10H9NO2S.C9H6OS/c11-9(10(12)13)7-5-14-8-4-2-1-3-6(7)8;10-5-7-6-11-9-4-2-1-3-8(7)9/h1-5,9H,11H2,(H,12,13);1-6H. The van der Waals surface area contributed by atoms with Gasteiger partial charge in [-0.25, -0.2) is 0 Å². The van der Waals surface area contributed by atoms with Crippen LogP contribution in [0.1, 0.15) is 22.0 Å². The van der Waals surface area contributed by atoms with E-state index >= 15 is 0 Å². The molecule has 2 aromatic heterocycles. The van der Waals surface area contributed by atoms with Crippen molar-refractivity contribution in [2.24, 2.45) is 5.73 Å². The van der Waals surface area contributed by atoms with Crippen molar-refractivity contribution in [2.45, 2.75) is 6.04 Å². The molecule has 0 bridgehead atoms. The molecular formula is C19H15NO3S2. The Labute approximate surface area is 152 Å². The highest BCUT2D eigenvalue weighted by molar-refractivity contribution is 7.17. The van der Waals surface area contributed by atoms with Crippen LogP contribution >= 0.6 is 22.7 Å². The number of thiophene rings is 2. The normalized spacial score (nSPS) is 11.7. The molecule has 0 saturated carbocycles.